The molecule has 0 saturated carbocycles. The zero-order valence-corrected chi connectivity index (χ0v) is 17.6. The Hall–Kier alpha value is -3.06. The lowest BCUT2D eigenvalue weighted by Crippen LogP contribution is -2.15. The average molecular weight is 427 g/mol. The third-order valence-corrected chi connectivity index (χ3v) is 5.76. The van der Waals surface area contributed by atoms with E-state index in [0.29, 0.717) is 17.0 Å². The first-order valence-corrected chi connectivity index (χ1v) is 10.4. The van der Waals surface area contributed by atoms with Gasteiger partial charge in [0, 0.05) is 29.9 Å². The second-order valence-corrected chi connectivity index (χ2v) is 7.93. The van der Waals surface area contributed by atoms with Crippen LogP contribution in [0.1, 0.15) is 49.8 Å². The van der Waals surface area contributed by atoms with E-state index in [1.807, 2.05) is 18.4 Å². The highest BCUT2D eigenvalue weighted by molar-refractivity contribution is 7.12. The number of rotatable bonds is 9. The van der Waals surface area contributed by atoms with Crippen molar-refractivity contribution in [3.63, 3.8) is 0 Å². The molecule has 3 aromatic rings. The third-order valence-electron chi connectivity index (χ3n) is 4.84. The van der Waals surface area contributed by atoms with Gasteiger partial charge in [0.05, 0.1) is 11.3 Å². The maximum atomic E-state index is 13.1. The van der Waals surface area contributed by atoms with E-state index < -0.39 is 5.97 Å². The van der Waals surface area contributed by atoms with E-state index in [9.17, 15) is 18.8 Å². The minimum Gasteiger partial charge on any atom is -0.457 e. The Balaban J connectivity index is 1.55. The molecule has 3 rings (SSSR count). The Morgan fingerprint density at radius 1 is 1.03 bits per heavy atom. The van der Waals surface area contributed by atoms with Crippen LogP contribution < -0.4 is 0 Å². The summed E-state index contributed by atoms with van der Waals surface area (Å²) in [5.41, 5.74) is 3.04. The highest BCUT2D eigenvalue weighted by atomic mass is 32.1. The molecule has 0 unspecified atom stereocenters. The second kappa shape index (κ2) is 9.63. The number of esters is 1. The van der Waals surface area contributed by atoms with Crippen molar-refractivity contribution in [2.24, 2.45) is 0 Å². The molecule has 0 radical (unpaired) electrons. The molecule has 0 atom stereocenters. The average Bonchev–Trinajstić information content (AvgIpc) is 3.36. The largest absolute Gasteiger partial charge is 0.457 e. The van der Waals surface area contributed by atoms with E-state index in [-0.39, 0.29) is 36.8 Å². The maximum absolute atomic E-state index is 13.1. The highest BCUT2D eigenvalue weighted by Crippen LogP contribution is 2.18. The van der Waals surface area contributed by atoms with Crippen LogP contribution in [0.5, 0.6) is 0 Å². The fourth-order valence-electron chi connectivity index (χ4n) is 3.17. The molecule has 0 aliphatic rings. The number of aryl methyl sites for hydroxylation is 1. The summed E-state index contributed by atoms with van der Waals surface area (Å²) >= 11 is 1.33. The molecule has 0 fully saturated rings. The van der Waals surface area contributed by atoms with E-state index in [4.69, 9.17) is 4.74 Å². The predicted octanol–water partition coefficient (Wildman–Crippen LogP) is 4.74. The number of hydrogen-bond acceptors (Lipinski definition) is 5. The van der Waals surface area contributed by atoms with Gasteiger partial charge in [0.15, 0.2) is 12.4 Å². The van der Waals surface area contributed by atoms with Crippen LogP contribution in [0.4, 0.5) is 4.39 Å². The molecule has 5 nitrogen and oxygen atoms in total. The van der Waals surface area contributed by atoms with Gasteiger partial charge in [-0.3, -0.25) is 14.4 Å². The summed E-state index contributed by atoms with van der Waals surface area (Å²) < 4.78 is 20.1. The second-order valence-electron chi connectivity index (χ2n) is 6.98. The number of ketones is 2. The molecule has 2 heterocycles. The van der Waals surface area contributed by atoms with Crippen molar-refractivity contribution in [3.05, 3.63) is 81.1 Å². The van der Waals surface area contributed by atoms with Crippen LogP contribution in [0.3, 0.4) is 0 Å². The zero-order valence-electron chi connectivity index (χ0n) is 16.8. The number of thiophene rings is 1. The summed E-state index contributed by atoms with van der Waals surface area (Å²) in [5, 5.41) is 1.80. The fraction of sp³-hybridized carbons (Fsp3) is 0.261. The Kier molecular flexibility index (Phi) is 6.95. The first-order chi connectivity index (χ1) is 14.3. The van der Waals surface area contributed by atoms with E-state index in [2.05, 4.69) is 0 Å². The van der Waals surface area contributed by atoms with Gasteiger partial charge in [-0.25, -0.2) is 4.39 Å². The molecule has 0 aliphatic carbocycles. The molecule has 7 heteroatoms. The summed E-state index contributed by atoms with van der Waals surface area (Å²) in [4.78, 5) is 37.0. The zero-order chi connectivity index (χ0) is 21.7. The molecule has 0 N–H and O–H groups in total. The number of hydrogen-bond donors (Lipinski definition) is 0. The lowest BCUT2D eigenvalue weighted by atomic mass is 10.1. The van der Waals surface area contributed by atoms with Crippen LogP contribution in [0.25, 0.3) is 0 Å². The van der Waals surface area contributed by atoms with Crippen molar-refractivity contribution in [2.45, 2.75) is 33.2 Å². The topological polar surface area (TPSA) is 65.4 Å². The number of aromatic nitrogens is 1. The molecular formula is C23H22FNO4S. The van der Waals surface area contributed by atoms with Gasteiger partial charge in [-0.1, -0.05) is 18.2 Å². The smallest absolute Gasteiger partial charge is 0.306 e. The fourth-order valence-corrected chi connectivity index (χ4v) is 3.87. The number of halogens is 1. The van der Waals surface area contributed by atoms with E-state index in [0.717, 1.165) is 17.0 Å². The van der Waals surface area contributed by atoms with Gasteiger partial charge >= 0.3 is 5.97 Å². The summed E-state index contributed by atoms with van der Waals surface area (Å²) in [6, 6.07) is 11.5. The van der Waals surface area contributed by atoms with Gasteiger partial charge in [0.1, 0.15) is 5.82 Å². The van der Waals surface area contributed by atoms with Gasteiger partial charge in [-0.2, -0.15) is 0 Å². The van der Waals surface area contributed by atoms with Gasteiger partial charge in [0.25, 0.3) is 0 Å². The number of nitrogens with zero attached hydrogens (tertiary/aromatic N) is 1. The number of benzene rings is 1. The molecule has 1 aromatic carbocycles. The number of Topliss-reactive ketones (excluding diaryl/α,β-unsaturated/α-hetero) is 2. The molecular weight excluding hydrogens is 405 g/mol. The van der Waals surface area contributed by atoms with E-state index in [1.165, 1.54) is 23.5 Å². The van der Waals surface area contributed by atoms with E-state index >= 15 is 0 Å². The molecule has 30 heavy (non-hydrogen) atoms. The summed E-state index contributed by atoms with van der Waals surface area (Å²) in [7, 11) is 0. The van der Waals surface area contributed by atoms with Crippen LogP contribution in [-0.4, -0.2) is 28.7 Å². The molecule has 156 valence electrons. The van der Waals surface area contributed by atoms with Crippen molar-refractivity contribution < 1.29 is 23.5 Å². The van der Waals surface area contributed by atoms with Crippen LogP contribution >= 0.6 is 11.3 Å². The highest BCUT2D eigenvalue weighted by Gasteiger charge is 2.18. The van der Waals surface area contributed by atoms with Crippen LogP contribution in [0, 0.1) is 19.7 Å². The third kappa shape index (κ3) is 5.30. The first-order valence-electron chi connectivity index (χ1n) is 9.52. The molecule has 0 spiro atoms. The molecule has 2 aromatic heterocycles. The predicted molar refractivity (Wildman–Crippen MR) is 113 cm³/mol. The van der Waals surface area contributed by atoms with Crippen LogP contribution in [0.15, 0.2) is 47.8 Å². The van der Waals surface area contributed by atoms with Crippen molar-refractivity contribution in [3.8, 4) is 0 Å². The van der Waals surface area contributed by atoms with Gasteiger partial charge in [-0.05, 0) is 49.1 Å². The Bertz CT molecular complexity index is 1050. The first kappa shape index (κ1) is 21.6. The van der Waals surface area contributed by atoms with Crippen molar-refractivity contribution in [2.75, 3.05) is 6.61 Å². The van der Waals surface area contributed by atoms with Gasteiger partial charge in [-0.15, -0.1) is 11.3 Å². The number of carbonyl (C=O) groups is 3. The normalized spacial score (nSPS) is 10.8. The van der Waals surface area contributed by atoms with Crippen LogP contribution in [0.2, 0.25) is 0 Å². The summed E-state index contributed by atoms with van der Waals surface area (Å²) in [6.07, 6.45) is -0.00663. The Morgan fingerprint density at radius 2 is 1.77 bits per heavy atom. The number of ether oxygens (including phenoxy) is 1. The standard InChI is InChI=1S/C23H22FNO4S/c1-15-12-19(16(2)25(15)13-17-5-7-18(24)8-6-17)21(27)14-29-23(28)10-9-20(26)22-4-3-11-30-22/h3-8,11-12H,9-10,13-14H2,1-2H3. The molecule has 0 bridgehead atoms. The summed E-state index contributed by atoms with van der Waals surface area (Å²) in [6.45, 7) is 3.85. The van der Waals surface area contributed by atoms with Gasteiger partial charge < -0.3 is 9.30 Å². The van der Waals surface area contributed by atoms with E-state index in [1.54, 1.807) is 35.7 Å². The van der Waals surface area contributed by atoms with Crippen LogP contribution in [-0.2, 0) is 16.1 Å². The summed E-state index contributed by atoms with van der Waals surface area (Å²) in [5.74, 6) is -1.29. The SMILES string of the molecule is Cc1cc(C(=O)COC(=O)CCC(=O)c2cccs2)c(C)n1Cc1ccc(F)cc1. The molecule has 0 saturated heterocycles. The van der Waals surface area contributed by atoms with Gasteiger partial charge in [0.2, 0.25) is 5.78 Å². The van der Waals surface area contributed by atoms with Crippen molar-refractivity contribution in [1.82, 2.24) is 4.57 Å². The lowest BCUT2D eigenvalue weighted by Gasteiger charge is -2.10. The minimum atomic E-state index is -0.576. The Labute approximate surface area is 178 Å². The molecule has 0 aliphatic heterocycles. The monoisotopic (exact) mass is 427 g/mol. The minimum absolute atomic E-state index is 0.0553. The Morgan fingerprint density at radius 3 is 2.43 bits per heavy atom. The molecule has 0 amide bonds. The van der Waals surface area contributed by atoms with Crippen molar-refractivity contribution in [1.29, 1.82) is 0 Å². The lowest BCUT2D eigenvalue weighted by molar-refractivity contribution is -0.142. The van der Waals surface area contributed by atoms with Crippen molar-refractivity contribution >= 4 is 28.9 Å². The quantitative estimate of drug-likeness (QED) is 0.365. The maximum Gasteiger partial charge on any atom is 0.306 e. The number of carbonyl (C=O) groups excluding carboxylic acids is 3.